The molecule has 9 nitrogen and oxygen atoms in total. The number of nitro groups is 1. The van der Waals surface area contributed by atoms with Crippen LogP contribution in [0.1, 0.15) is 12.5 Å². The van der Waals surface area contributed by atoms with E-state index in [0.29, 0.717) is 16.5 Å². The van der Waals surface area contributed by atoms with Crippen molar-refractivity contribution >= 4 is 34.3 Å². The zero-order valence-corrected chi connectivity index (χ0v) is 10.8. The molecule has 1 aromatic carbocycles. The minimum absolute atomic E-state index is 0.00688. The van der Waals surface area contributed by atoms with Crippen LogP contribution < -0.4 is 11.5 Å². The second kappa shape index (κ2) is 5.78. The number of aryl methyl sites for hydroxylation is 1. The van der Waals surface area contributed by atoms with Crippen LogP contribution in [0.2, 0.25) is 0 Å². The van der Waals surface area contributed by atoms with E-state index in [4.69, 9.17) is 21.4 Å². The van der Waals surface area contributed by atoms with E-state index in [2.05, 4.69) is 9.97 Å². The van der Waals surface area contributed by atoms with Gasteiger partial charge in [0.15, 0.2) is 0 Å². The molecule has 0 spiro atoms. The SMILES string of the molecule is CC(=O)O.Cc1c([N+](=O)[O-])ccc2nc(N)nc(N)c12. The van der Waals surface area contributed by atoms with Crippen molar-refractivity contribution in [3.63, 3.8) is 0 Å². The number of nitrogens with zero attached hydrogens (tertiary/aromatic N) is 3. The molecule has 2 aromatic rings. The third kappa shape index (κ3) is 3.28. The number of nitro benzene ring substituents is 1. The van der Waals surface area contributed by atoms with Crippen LogP contribution in [0.3, 0.4) is 0 Å². The van der Waals surface area contributed by atoms with Crippen LogP contribution in [0.5, 0.6) is 0 Å². The molecule has 5 N–H and O–H groups in total. The fourth-order valence-corrected chi connectivity index (χ4v) is 1.63. The number of hydrogen-bond acceptors (Lipinski definition) is 7. The van der Waals surface area contributed by atoms with E-state index in [0.717, 1.165) is 6.92 Å². The zero-order chi connectivity index (χ0) is 15.4. The van der Waals surface area contributed by atoms with Gasteiger partial charge in [0, 0.05) is 18.6 Å². The first kappa shape index (κ1) is 15.1. The van der Waals surface area contributed by atoms with Gasteiger partial charge in [-0.15, -0.1) is 0 Å². The van der Waals surface area contributed by atoms with Crippen molar-refractivity contribution in [2.45, 2.75) is 13.8 Å². The van der Waals surface area contributed by atoms with E-state index in [-0.39, 0.29) is 17.5 Å². The summed E-state index contributed by atoms with van der Waals surface area (Å²) < 4.78 is 0. The van der Waals surface area contributed by atoms with Gasteiger partial charge in [0.05, 0.1) is 15.8 Å². The molecule has 1 aromatic heterocycles. The minimum Gasteiger partial charge on any atom is -0.481 e. The summed E-state index contributed by atoms with van der Waals surface area (Å²) in [5.74, 6) is -0.623. The van der Waals surface area contributed by atoms with Gasteiger partial charge >= 0.3 is 0 Å². The molecular formula is C11H13N5O4. The lowest BCUT2D eigenvalue weighted by atomic mass is 10.1. The second-order valence-electron chi connectivity index (χ2n) is 3.85. The Balaban J connectivity index is 0.000000444. The van der Waals surface area contributed by atoms with Crippen molar-refractivity contribution in [1.29, 1.82) is 0 Å². The number of rotatable bonds is 1. The molecular weight excluding hydrogens is 266 g/mol. The van der Waals surface area contributed by atoms with Crippen molar-refractivity contribution in [2.75, 3.05) is 11.5 Å². The van der Waals surface area contributed by atoms with Gasteiger partial charge in [-0.2, -0.15) is 4.98 Å². The Kier molecular flexibility index (Phi) is 4.36. The summed E-state index contributed by atoms with van der Waals surface area (Å²) in [6.45, 7) is 2.69. The van der Waals surface area contributed by atoms with Gasteiger partial charge in [-0.05, 0) is 13.0 Å². The normalized spacial score (nSPS) is 9.70. The summed E-state index contributed by atoms with van der Waals surface area (Å²) in [7, 11) is 0. The monoisotopic (exact) mass is 279 g/mol. The Morgan fingerprint density at radius 2 is 1.90 bits per heavy atom. The Hall–Kier alpha value is -2.97. The van der Waals surface area contributed by atoms with E-state index in [1.54, 1.807) is 6.92 Å². The Bertz CT molecular complexity index is 682. The average Bonchev–Trinajstić information content (AvgIpc) is 2.26. The van der Waals surface area contributed by atoms with E-state index < -0.39 is 10.9 Å². The molecule has 0 bridgehead atoms. The van der Waals surface area contributed by atoms with Gasteiger partial charge in [-0.3, -0.25) is 14.9 Å². The second-order valence-corrected chi connectivity index (χ2v) is 3.85. The van der Waals surface area contributed by atoms with Crippen LogP contribution in [0.25, 0.3) is 10.9 Å². The largest absolute Gasteiger partial charge is 0.481 e. The molecule has 0 saturated heterocycles. The maximum Gasteiger partial charge on any atom is 0.300 e. The molecule has 0 atom stereocenters. The number of hydrogen-bond donors (Lipinski definition) is 3. The Morgan fingerprint density at radius 1 is 1.35 bits per heavy atom. The summed E-state index contributed by atoms with van der Waals surface area (Å²) in [5.41, 5.74) is 12.1. The van der Waals surface area contributed by atoms with Gasteiger partial charge in [0.1, 0.15) is 5.82 Å². The minimum atomic E-state index is -0.833. The third-order valence-corrected chi connectivity index (χ3v) is 2.34. The van der Waals surface area contributed by atoms with Crippen LogP contribution in [-0.4, -0.2) is 26.0 Å². The van der Waals surface area contributed by atoms with Gasteiger partial charge in [0.25, 0.3) is 11.7 Å². The number of nitrogens with two attached hydrogens (primary N) is 2. The highest BCUT2D eigenvalue weighted by Gasteiger charge is 2.16. The predicted molar refractivity (Wildman–Crippen MR) is 73.1 cm³/mol. The Labute approximate surface area is 113 Å². The highest BCUT2D eigenvalue weighted by Crippen LogP contribution is 2.29. The topological polar surface area (TPSA) is 158 Å². The van der Waals surface area contributed by atoms with Crippen molar-refractivity contribution in [2.24, 2.45) is 0 Å². The quantitative estimate of drug-likeness (QED) is 0.516. The van der Waals surface area contributed by atoms with Crippen molar-refractivity contribution in [3.05, 3.63) is 27.8 Å². The molecule has 9 heteroatoms. The molecule has 106 valence electrons. The first-order chi connectivity index (χ1) is 9.23. The average molecular weight is 279 g/mol. The molecule has 0 unspecified atom stereocenters. The number of carboxylic acid groups (broad SMARTS) is 1. The summed E-state index contributed by atoms with van der Waals surface area (Å²) in [5, 5.41) is 18.6. The lowest BCUT2D eigenvalue weighted by Crippen LogP contribution is -2.02. The molecule has 0 aliphatic carbocycles. The third-order valence-electron chi connectivity index (χ3n) is 2.34. The lowest BCUT2D eigenvalue weighted by Gasteiger charge is -2.05. The molecule has 20 heavy (non-hydrogen) atoms. The van der Waals surface area contributed by atoms with Crippen molar-refractivity contribution in [1.82, 2.24) is 9.97 Å². The number of carbonyl (C=O) groups is 1. The fraction of sp³-hybridized carbons (Fsp3) is 0.182. The van der Waals surface area contributed by atoms with Gasteiger partial charge in [0.2, 0.25) is 5.95 Å². The van der Waals surface area contributed by atoms with E-state index in [1.165, 1.54) is 12.1 Å². The number of anilines is 2. The molecule has 1 heterocycles. The van der Waals surface area contributed by atoms with Crippen LogP contribution in [0.15, 0.2) is 12.1 Å². The van der Waals surface area contributed by atoms with E-state index in [1.807, 2.05) is 0 Å². The van der Waals surface area contributed by atoms with Crippen LogP contribution in [0.4, 0.5) is 17.5 Å². The van der Waals surface area contributed by atoms with E-state index in [9.17, 15) is 10.1 Å². The summed E-state index contributed by atoms with van der Waals surface area (Å²) in [6, 6.07) is 2.89. The van der Waals surface area contributed by atoms with Crippen molar-refractivity contribution < 1.29 is 14.8 Å². The molecule has 0 aliphatic rings. The standard InChI is InChI=1S/C9H9N5O2.C2H4O2/c1-4-6(14(15)16)3-2-5-7(4)8(10)13-9(11)12-5;1-2(3)4/h2-3H,1H3,(H4,10,11,12,13);1H3,(H,3,4). The predicted octanol–water partition coefficient (Wildman–Crippen LogP) is 1.10. The summed E-state index contributed by atoms with van der Waals surface area (Å²) in [4.78, 5) is 27.0. The van der Waals surface area contributed by atoms with Gasteiger partial charge in [-0.25, -0.2) is 4.98 Å². The highest BCUT2D eigenvalue weighted by molar-refractivity contribution is 5.94. The first-order valence-corrected chi connectivity index (χ1v) is 5.40. The molecule has 2 rings (SSSR count). The maximum atomic E-state index is 10.7. The maximum absolute atomic E-state index is 10.7. The number of aromatic nitrogens is 2. The first-order valence-electron chi connectivity index (χ1n) is 5.40. The smallest absolute Gasteiger partial charge is 0.300 e. The molecule has 0 radical (unpaired) electrons. The zero-order valence-electron chi connectivity index (χ0n) is 10.8. The van der Waals surface area contributed by atoms with Gasteiger partial charge in [-0.1, -0.05) is 0 Å². The molecule has 0 amide bonds. The number of benzene rings is 1. The van der Waals surface area contributed by atoms with E-state index >= 15 is 0 Å². The number of aliphatic carboxylic acids is 1. The summed E-state index contributed by atoms with van der Waals surface area (Å²) in [6.07, 6.45) is 0. The van der Waals surface area contributed by atoms with Crippen LogP contribution in [0, 0.1) is 17.0 Å². The summed E-state index contributed by atoms with van der Waals surface area (Å²) >= 11 is 0. The molecule has 0 saturated carbocycles. The van der Waals surface area contributed by atoms with Crippen LogP contribution in [-0.2, 0) is 4.79 Å². The van der Waals surface area contributed by atoms with Crippen LogP contribution >= 0.6 is 0 Å². The van der Waals surface area contributed by atoms with Crippen molar-refractivity contribution in [3.8, 4) is 0 Å². The van der Waals surface area contributed by atoms with Gasteiger partial charge < -0.3 is 16.6 Å². The molecule has 0 aliphatic heterocycles. The number of fused-ring (bicyclic) bond motifs is 1. The fourth-order valence-electron chi connectivity index (χ4n) is 1.63. The number of nitrogen functional groups attached to an aromatic ring is 2. The molecule has 0 fully saturated rings. The lowest BCUT2D eigenvalue weighted by molar-refractivity contribution is -0.385. The number of carboxylic acids is 1. The Morgan fingerprint density at radius 3 is 2.40 bits per heavy atom. The highest BCUT2D eigenvalue weighted by atomic mass is 16.6.